The molecular formula is C14H17ClN2O3S. The van der Waals surface area contributed by atoms with Gasteiger partial charge in [0.25, 0.3) is 0 Å². The molecule has 2 amide bonds. The predicted octanol–water partition coefficient (Wildman–Crippen LogP) is 1.71. The molecule has 2 rings (SSSR count). The van der Waals surface area contributed by atoms with Crippen molar-refractivity contribution in [2.75, 3.05) is 38.4 Å². The van der Waals surface area contributed by atoms with Crippen molar-refractivity contribution < 1.29 is 14.3 Å². The third-order valence-corrected chi connectivity index (χ3v) is 4.28. The maximum atomic E-state index is 12.0. The van der Waals surface area contributed by atoms with E-state index in [0.717, 1.165) is 0 Å². The van der Waals surface area contributed by atoms with Crippen molar-refractivity contribution in [3.63, 3.8) is 0 Å². The Hall–Kier alpha value is -1.40. The molecule has 7 heteroatoms. The number of hydrogen-bond donors (Lipinski definition) is 0. The molecule has 0 spiro atoms. The van der Waals surface area contributed by atoms with Gasteiger partial charge in [-0.1, -0.05) is 11.6 Å². The smallest absolute Gasteiger partial charge is 0.242 e. The van der Waals surface area contributed by atoms with E-state index < -0.39 is 0 Å². The van der Waals surface area contributed by atoms with Crippen molar-refractivity contribution in [1.29, 1.82) is 0 Å². The van der Waals surface area contributed by atoms with Gasteiger partial charge in [-0.2, -0.15) is 0 Å². The molecule has 0 saturated carbocycles. The van der Waals surface area contributed by atoms with Crippen molar-refractivity contribution in [1.82, 2.24) is 9.80 Å². The zero-order chi connectivity index (χ0) is 15.2. The molecule has 0 atom stereocenters. The first-order valence-corrected chi connectivity index (χ1v) is 8.07. The highest BCUT2D eigenvalue weighted by Crippen LogP contribution is 2.16. The van der Waals surface area contributed by atoms with Gasteiger partial charge in [-0.05, 0) is 24.3 Å². The topological polar surface area (TPSA) is 49.9 Å². The number of amides is 2. The summed E-state index contributed by atoms with van der Waals surface area (Å²) in [5, 5.41) is 0.655. The van der Waals surface area contributed by atoms with Crippen LogP contribution in [0.25, 0.3) is 0 Å². The maximum absolute atomic E-state index is 12.0. The SMILES string of the molecule is CN(CCOc1ccc(Cl)cc1)C(=O)CN1CSCC1=O. The van der Waals surface area contributed by atoms with Crippen LogP contribution in [0.5, 0.6) is 5.75 Å². The van der Waals surface area contributed by atoms with Crippen LogP contribution in [0, 0.1) is 0 Å². The number of benzene rings is 1. The molecule has 1 aliphatic rings. The van der Waals surface area contributed by atoms with Gasteiger partial charge in [0, 0.05) is 12.1 Å². The minimum absolute atomic E-state index is 0.0270. The number of halogens is 1. The fourth-order valence-corrected chi connectivity index (χ4v) is 2.81. The van der Waals surface area contributed by atoms with E-state index in [0.29, 0.717) is 35.6 Å². The summed E-state index contributed by atoms with van der Waals surface area (Å²) in [6, 6.07) is 7.07. The Balaban J connectivity index is 1.71. The summed E-state index contributed by atoms with van der Waals surface area (Å²) in [5.74, 6) is 1.73. The van der Waals surface area contributed by atoms with E-state index in [1.165, 1.54) is 11.8 Å². The molecule has 0 aliphatic carbocycles. The van der Waals surface area contributed by atoms with Crippen LogP contribution in [0.4, 0.5) is 0 Å². The highest BCUT2D eigenvalue weighted by Gasteiger charge is 2.24. The summed E-state index contributed by atoms with van der Waals surface area (Å²) in [6.07, 6.45) is 0. The fourth-order valence-electron chi connectivity index (χ4n) is 1.78. The highest BCUT2D eigenvalue weighted by molar-refractivity contribution is 8.00. The van der Waals surface area contributed by atoms with Crippen LogP contribution in [0.15, 0.2) is 24.3 Å². The Morgan fingerprint density at radius 1 is 1.43 bits per heavy atom. The van der Waals surface area contributed by atoms with E-state index >= 15 is 0 Å². The molecule has 0 N–H and O–H groups in total. The lowest BCUT2D eigenvalue weighted by Crippen LogP contribution is -2.40. The van der Waals surface area contributed by atoms with Gasteiger partial charge in [-0.25, -0.2) is 0 Å². The van der Waals surface area contributed by atoms with Crippen LogP contribution in [-0.2, 0) is 9.59 Å². The summed E-state index contributed by atoms with van der Waals surface area (Å²) in [6.45, 7) is 1.01. The van der Waals surface area contributed by atoms with Crippen molar-refractivity contribution in [2.24, 2.45) is 0 Å². The van der Waals surface area contributed by atoms with Gasteiger partial charge >= 0.3 is 0 Å². The molecule has 1 aromatic carbocycles. The Morgan fingerprint density at radius 2 is 2.14 bits per heavy atom. The van der Waals surface area contributed by atoms with Gasteiger partial charge in [0.15, 0.2) is 0 Å². The average molecular weight is 329 g/mol. The monoisotopic (exact) mass is 328 g/mol. The summed E-state index contributed by atoms with van der Waals surface area (Å²) in [4.78, 5) is 26.6. The lowest BCUT2D eigenvalue weighted by atomic mass is 10.3. The molecule has 21 heavy (non-hydrogen) atoms. The summed E-state index contributed by atoms with van der Waals surface area (Å²) in [7, 11) is 1.71. The standard InChI is InChI=1S/C14H17ClN2O3S/c1-16(13(18)8-17-10-21-9-14(17)19)6-7-20-12-4-2-11(15)3-5-12/h2-5H,6-10H2,1H3. The first-order valence-electron chi connectivity index (χ1n) is 6.54. The molecule has 1 saturated heterocycles. The quantitative estimate of drug-likeness (QED) is 0.797. The number of hydrogen-bond acceptors (Lipinski definition) is 4. The minimum atomic E-state index is -0.0782. The summed E-state index contributed by atoms with van der Waals surface area (Å²) >= 11 is 7.32. The number of thioether (sulfide) groups is 1. The Morgan fingerprint density at radius 3 is 2.76 bits per heavy atom. The normalized spacial score (nSPS) is 14.4. The van der Waals surface area contributed by atoms with Crippen LogP contribution >= 0.6 is 23.4 Å². The Kier molecular flexibility index (Phi) is 5.76. The minimum Gasteiger partial charge on any atom is -0.492 e. The Bertz CT molecular complexity index is 509. The van der Waals surface area contributed by atoms with Crippen LogP contribution in [-0.4, -0.2) is 60.0 Å². The van der Waals surface area contributed by atoms with E-state index in [4.69, 9.17) is 16.3 Å². The van der Waals surface area contributed by atoms with Crippen molar-refractivity contribution in [3.8, 4) is 5.75 Å². The predicted molar refractivity (Wildman–Crippen MR) is 83.6 cm³/mol. The van der Waals surface area contributed by atoms with E-state index in [2.05, 4.69) is 0 Å². The molecule has 0 unspecified atom stereocenters. The zero-order valence-electron chi connectivity index (χ0n) is 11.8. The van der Waals surface area contributed by atoms with Crippen molar-refractivity contribution >= 4 is 35.2 Å². The molecule has 0 bridgehead atoms. The molecule has 1 fully saturated rings. The second kappa shape index (κ2) is 7.56. The third-order valence-electron chi connectivity index (χ3n) is 3.09. The van der Waals surface area contributed by atoms with E-state index in [1.807, 2.05) is 0 Å². The number of likely N-dealkylation sites (N-methyl/N-ethyl adjacent to an activating group) is 1. The zero-order valence-corrected chi connectivity index (χ0v) is 13.3. The molecule has 0 radical (unpaired) electrons. The molecule has 1 aliphatic heterocycles. The van der Waals surface area contributed by atoms with Crippen LogP contribution < -0.4 is 4.74 Å². The van der Waals surface area contributed by atoms with Crippen LogP contribution in [0.2, 0.25) is 5.02 Å². The molecular weight excluding hydrogens is 312 g/mol. The highest BCUT2D eigenvalue weighted by atomic mass is 35.5. The van der Waals surface area contributed by atoms with Gasteiger partial charge in [0.1, 0.15) is 18.9 Å². The van der Waals surface area contributed by atoms with E-state index in [9.17, 15) is 9.59 Å². The largest absolute Gasteiger partial charge is 0.492 e. The van der Waals surface area contributed by atoms with Gasteiger partial charge in [-0.15, -0.1) is 11.8 Å². The maximum Gasteiger partial charge on any atom is 0.242 e. The van der Waals surface area contributed by atoms with E-state index in [1.54, 1.807) is 41.1 Å². The van der Waals surface area contributed by atoms with Gasteiger partial charge in [0.2, 0.25) is 11.8 Å². The number of carbonyl (C=O) groups excluding carboxylic acids is 2. The molecule has 114 valence electrons. The summed E-state index contributed by atoms with van der Waals surface area (Å²) < 4.78 is 5.54. The second-order valence-corrected chi connectivity index (χ2v) is 6.08. The van der Waals surface area contributed by atoms with Crippen molar-refractivity contribution in [2.45, 2.75) is 0 Å². The number of ether oxygens (including phenoxy) is 1. The van der Waals surface area contributed by atoms with Gasteiger partial charge < -0.3 is 14.5 Å². The molecule has 1 aromatic rings. The van der Waals surface area contributed by atoms with Crippen LogP contribution in [0.1, 0.15) is 0 Å². The summed E-state index contributed by atoms with van der Waals surface area (Å²) in [5.41, 5.74) is 0. The van der Waals surface area contributed by atoms with Crippen LogP contribution in [0.3, 0.4) is 0 Å². The fraction of sp³-hybridized carbons (Fsp3) is 0.429. The number of carbonyl (C=O) groups is 2. The second-order valence-electron chi connectivity index (χ2n) is 4.69. The molecule has 1 heterocycles. The first-order chi connectivity index (χ1) is 10.1. The lowest BCUT2D eigenvalue weighted by Gasteiger charge is -2.21. The lowest BCUT2D eigenvalue weighted by molar-refractivity contribution is -0.137. The number of rotatable bonds is 6. The average Bonchev–Trinajstić information content (AvgIpc) is 2.86. The van der Waals surface area contributed by atoms with Crippen molar-refractivity contribution in [3.05, 3.63) is 29.3 Å². The molecule has 5 nitrogen and oxygen atoms in total. The first kappa shape index (κ1) is 16.0. The molecule has 0 aromatic heterocycles. The third kappa shape index (κ3) is 4.82. The Labute approximate surface area is 133 Å². The van der Waals surface area contributed by atoms with E-state index in [-0.39, 0.29) is 18.4 Å². The van der Waals surface area contributed by atoms with Gasteiger partial charge in [-0.3, -0.25) is 9.59 Å². The number of nitrogens with zero attached hydrogens (tertiary/aromatic N) is 2. The van der Waals surface area contributed by atoms with Gasteiger partial charge in [0.05, 0.1) is 18.2 Å².